The fourth-order valence-corrected chi connectivity index (χ4v) is 4.87. The minimum atomic E-state index is -0.379. The summed E-state index contributed by atoms with van der Waals surface area (Å²) < 4.78 is 10.7. The first kappa shape index (κ1) is 21.9. The van der Waals surface area contributed by atoms with Crippen LogP contribution >= 0.6 is 0 Å². The van der Waals surface area contributed by atoms with Gasteiger partial charge in [0.1, 0.15) is 0 Å². The number of fused-ring (bicyclic) bond motifs is 3. The van der Waals surface area contributed by atoms with E-state index in [9.17, 15) is 9.59 Å². The summed E-state index contributed by atoms with van der Waals surface area (Å²) in [6.07, 6.45) is 5.43. The molecule has 0 fully saturated rings. The van der Waals surface area contributed by atoms with E-state index in [1.165, 1.54) is 12.5 Å². The SMILES string of the molecule is CCN(CC)C(=O)c1ccc2c(c1)C1C=CCC1C(c1ccc(OC(C)=O)c(OC)c1)N2. The van der Waals surface area contributed by atoms with Crippen molar-refractivity contribution in [3.8, 4) is 11.5 Å². The van der Waals surface area contributed by atoms with Gasteiger partial charge in [0.25, 0.3) is 5.91 Å². The zero-order valence-electron chi connectivity index (χ0n) is 19.1. The van der Waals surface area contributed by atoms with Crippen molar-refractivity contribution in [3.63, 3.8) is 0 Å². The third-order valence-electron chi connectivity index (χ3n) is 6.46. The Morgan fingerprint density at radius 3 is 2.56 bits per heavy atom. The third-order valence-corrected chi connectivity index (χ3v) is 6.46. The molecule has 0 radical (unpaired) electrons. The molecule has 0 spiro atoms. The van der Waals surface area contributed by atoms with Gasteiger partial charge in [0.2, 0.25) is 0 Å². The molecule has 0 saturated heterocycles. The smallest absolute Gasteiger partial charge is 0.308 e. The molecule has 2 aromatic carbocycles. The topological polar surface area (TPSA) is 67.9 Å². The monoisotopic (exact) mass is 434 g/mol. The molecule has 0 saturated carbocycles. The second kappa shape index (κ2) is 9.07. The van der Waals surface area contributed by atoms with Crippen molar-refractivity contribution in [2.45, 2.75) is 39.2 Å². The quantitative estimate of drug-likeness (QED) is 0.397. The standard InChI is InChI=1S/C26H30N2O4/c1-5-28(6-2)26(30)18-10-12-22-21(14-18)19-8-7-9-20(19)25(27-22)17-11-13-23(32-16(3)29)24(15-17)31-4/h7-8,10-15,19-20,25,27H,5-6,9H2,1-4H3. The van der Waals surface area contributed by atoms with Gasteiger partial charge < -0.3 is 19.7 Å². The van der Waals surface area contributed by atoms with Gasteiger partial charge in [-0.25, -0.2) is 0 Å². The number of allylic oxidation sites excluding steroid dienone is 2. The van der Waals surface area contributed by atoms with Gasteiger partial charge in [0.15, 0.2) is 11.5 Å². The highest BCUT2D eigenvalue weighted by molar-refractivity contribution is 5.95. The Balaban J connectivity index is 1.67. The molecule has 32 heavy (non-hydrogen) atoms. The van der Waals surface area contributed by atoms with Crippen LogP contribution in [0, 0.1) is 5.92 Å². The molecule has 1 aliphatic heterocycles. The summed E-state index contributed by atoms with van der Waals surface area (Å²) >= 11 is 0. The summed E-state index contributed by atoms with van der Waals surface area (Å²) in [6, 6.07) is 11.8. The van der Waals surface area contributed by atoms with E-state index in [1.807, 2.05) is 43.0 Å². The Bertz CT molecular complexity index is 1060. The summed E-state index contributed by atoms with van der Waals surface area (Å²) in [5, 5.41) is 3.69. The molecule has 3 atom stereocenters. The number of rotatable bonds is 6. The van der Waals surface area contributed by atoms with E-state index < -0.39 is 0 Å². The number of ether oxygens (including phenoxy) is 2. The molecule has 6 heteroatoms. The van der Waals surface area contributed by atoms with Crippen molar-refractivity contribution in [2.24, 2.45) is 5.92 Å². The average molecular weight is 435 g/mol. The fourth-order valence-electron chi connectivity index (χ4n) is 4.87. The maximum Gasteiger partial charge on any atom is 0.308 e. The Morgan fingerprint density at radius 1 is 1.09 bits per heavy atom. The molecule has 2 aromatic rings. The van der Waals surface area contributed by atoms with E-state index in [1.54, 1.807) is 13.2 Å². The highest BCUT2D eigenvalue weighted by Crippen LogP contribution is 2.50. The van der Waals surface area contributed by atoms with Gasteiger partial charge in [-0.05, 0) is 67.6 Å². The van der Waals surface area contributed by atoms with E-state index in [0.29, 0.717) is 30.5 Å². The van der Waals surface area contributed by atoms with Gasteiger partial charge in [0, 0.05) is 37.2 Å². The first-order chi connectivity index (χ1) is 15.5. The Kier molecular flexibility index (Phi) is 6.21. The summed E-state index contributed by atoms with van der Waals surface area (Å²) in [7, 11) is 1.57. The molecule has 6 nitrogen and oxygen atoms in total. The van der Waals surface area contributed by atoms with Crippen LogP contribution in [0.5, 0.6) is 11.5 Å². The van der Waals surface area contributed by atoms with Crippen LogP contribution in [0.3, 0.4) is 0 Å². The van der Waals surface area contributed by atoms with Gasteiger partial charge >= 0.3 is 5.97 Å². The van der Waals surface area contributed by atoms with Gasteiger partial charge in [0.05, 0.1) is 13.2 Å². The van der Waals surface area contributed by atoms with Crippen LogP contribution in [0.25, 0.3) is 0 Å². The van der Waals surface area contributed by atoms with Crippen LogP contribution in [-0.4, -0.2) is 37.0 Å². The molecular formula is C26H30N2O4. The number of benzene rings is 2. The predicted octanol–water partition coefficient (Wildman–Crippen LogP) is 4.93. The van der Waals surface area contributed by atoms with Crippen LogP contribution < -0.4 is 14.8 Å². The van der Waals surface area contributed by atoms with E-state index >= 15 is 0 Å². The van der Waals surface area contributed by atoms with Crippen LogP contribution in [0.15, 0.2) is 48.6 Å². The lowest BCUT2D eigenvalue weighted by Crippen LogP contribution is -2.32. The molecule has 2 aliphatic rings. The summed E-state index contributed by atoms with van der Waals surface area (Å²) in [4.78, 5) is 26.1. The second-order valence-electron chi connectivity index (χ2n) is 8.26. The Hall–Kier alpha value is -3.28. The normalized spacial score (nSPS) is 20.7. The minimum absolute atomic E-state index is 0.0734. The number of nitrogens with one attached hydrogen (secondary N) is 1. The van der Waals surface area contributed by atoms with Crippen molar-refractivity contribution in [2.75, 3.05) is 25.5 Å². The van der Waals surface area contributed by atoms with Crippen molar-refractivity contribution in [1.82, 2.24) is 4.90 Å². The van der Waals surface area contributed by atoms with Crippen molar-refractivity contribution < 1.29 is 19.1 Å². The highest BCUT2D eigenvalue weighted by Gasteiger charge is 2.38. The number of nitrogens with zero attached hydrogens (tertiary/aromatic N) is 1. The maximum atomic E-state index is 12.9. The molecule has 0 aromatic heterocycles. The van der Waals surface area contributed by atoms with Crippen molar-refractivity contribution >= 4 is 17.6 Å². The number of amides is 1. The molecule has 4 rings (SSSR count). The van der Waals surface area contributed by atoms with Crippen molar-refractivity contribution in [3.05, 3.63) is 65.2 Å². The number of carbonyl (C=O) groups is 2. The van der Waals surface area contributed by atoms with Crippen LogP contribution in [0.4, 0.5) is 5.69 Å². The molecule has 3 unspecified atom stereocenters. The number of hydrogen-bond donors (Lipinski definition) is 1. The predicted molar refractivity (Wildman–Crippen MR) is 124 cm³/mol. The van der Waals surface area contributed by atoms with E-state index in [-0.39, 0.29) is 23.8 Å². The maximum absolute atomic E-state index is 12.9. The summed E-state index contributed by atoms with van der Waals surface area (Å²) in [5.41, 5.74) is 4.02. The second-order valence-corrected chi connectivity index (χ2v) is 8.26. The lowest BCUT2D eigenvalue weighted by atomic mass is 9.76. The van der Waals surface area contributed by atoms with Crippen LogP contribution in [0.1, 0.15) is 60.6 Å². The highest BCUT2D eigenvalue weighted by atomic mass is 16.6. The largest absolute Gasteiger partial charge is 0.493 e. The lowest BCUT2D eigenvalue weighted by Gasteiger charge is -2.38. The Labute approximate surface area is 189 Å². The number of methoxy groups -OCH3 is 1. The van der Waals surface area contributed by atoms with Crippen molar-refractivity contribution in [1.29, 1.82) is 0 Å². The summed E-state index contributed by atoms with van der Waals surface area (Å²) in [5.74, 6) is 1.21. The lowest BCUT2D eigenvalue weighted by molar-refractivity contribution is -0.132. The molecule has 0 bridgehead atoms. The van der Waals surface area contributed by atoms with Crippen LogP contribution in [0.2, 0.25) is 0 Å². The molecule has 1 aliphatic carbocycles. The fraction of sp³-hybridized carbons (Fsp3) is 0.385. The molecule has 168 valence electrons. The van der Waals surface area contributed by atoms with Crippen LogP contribution in [-0.2, 0) is 4.79 Å². The molecular weight excluding hydrogens is 404 g/mol. The zero-order chi connectivity index (χ0) is 22.8. The van der Waals surface area contributed by atoms with Gasteiger partial charge in [-0.3, -0.25) is 9.59 Å². The minimum Gasteiger partial charge on any atom is -0.493 e. The number of hydrogen-bond acceptors (Lipinski definition) is 5. The first-order valence-electron chi connectivity index (χ1n) is 11.2. The molecule has 1 N–H and O–H groups in total. The number of anilines is 1. The van der Waals surface area contributed by atoms with E-state index in [2.05, 4.69) is 23.5 Å². The van der Waals surface area contributed by atoms with Gasteiger partial charge in [-0.1, -0.05) is 18.2 Å². The van der Waals surface area contributed by atoms with E-state index in [4.69, 9.17) is 9.47 Å². The molecule has 1 heterocycles. The Morgan fingerprint density at radius 2 is 1.88 bits per heavy atom. The average Bonchev–Trinajstić information content (AvgIpc) is 3.29. The third kappa shape index (κ3) is 3.97. The van der Waals surface area contributed by atoms with Gasteiger partial charge in [-0.2, -0.15) is 0 Å². The van der Waals surface area contributed by atoms with E-state index in [0.717, 1.165) is 23.2 Å². The molecule has 1 amide bonds. The van der Waals surface area contributed by atoms with Gasteiger partial charge in [-0.15, -0.1) is 0 Å². The zero-order valence-corrected chi connectivity index (χ0v) is 19.1. The number of carbonyl (C=O) groups excluding carboxylic acids is 2. The number of esters is 1. The summed E-state index contributed by atoms with van der Waals surface area (Å²) in [6.45, 7) is 6.78. The first-order valence-corrected chi connectivity index (χ1v) is 11.2.